The Bertz CT molecular complexity index is 1070. The number of hydrogen-bond acceptors (Lipinski definition) is 6. The zero-order chi connectivity index (χ0) is 18.6. The molecule has 4 aromatic rings. The van der Waals surface area contributed by atoms with Crippen molar-refractivity contribution in [2.45, 2.75) is 9.79 Å². The summed E-state index contributed by atoms with van der Waals surface area (Å²) in [6.45, 7) is 0. The van der Waals surface area contributed by atoms with E-state index in [-0.39, 0.29) is 11.5 Å². The van der Waals surface area contributed by atoms with Gasteiger partial charge in [0.15, 0.2) is 11.6 Å². The van der Waals surface area contributed by atoms with E-state index in [9.17, 15) is 10.2 Å². The molecule has 0 saturated heterocycles. The number of phenols is 2. The van der Waals surface area contributed by atoms with E-state index in [0.29, 0.717) is 17.2 Å². The predicted molar refractivity (Wildman–Crippen MR) is 105 cm³/mol. The van der Waals surface area contributed by atoms with E-state index < -0.39 is 0 Å². The average molecular weight is 373 g/mol. The normalized spacial score (nSPS) is 10.7. The molecule has 0 bridgehead atoms. The van der Waals surface area contributed by atoms with Crippen LogP contribution in [0.2, 0.25) is 0 Å². The first kappa shape index (κ1) is 17.1. The Balaban J connectivity index is 1.60. The van der Waals surface area contributed by atoms with E-state index in [2.05, 4.69) is 27.1 Å². The quantitative estimate of drug-likeness (QED) is 0.536. The van der Waals surface area contributed by atoms with Crippen LogP contribution in [0, 0.1) is 0 Å². The summed E-state index contributed by atoms with van der Waals surface area (Å²) in [7, 11) is 0. The Morgan fingerprint density at radius 2 is 1.41 bits per heavy atom. The SMILES string of the molecule is Oc1ccc(-c2ncnc(-c3ccc(Sc4ccccc4)cc3)n2)c(O)c1. The van der Waals surface area contributed by atoms with Crippen LogP contribution in [0.3, 0.4) is 0 Å². The summed E-state index contributed by atoms with van der Waals surface area (Å²) in [5.74, 6) is 0.766. The van der Waals surface area contributed by atoms with Crippen LogP contribution >= 0.6 is 11.8 Å². The number of benzene rings is 3. The number of rotatable bonds is 4. The molecule has 0 spiro atoms. The summed E-state index contributed by atoms with van der Waals surface area (Å²) < 4.78 is 0. The van der Waals surface area contributed by atoms with Crippen LogP contribution < -0.4 is 0 Å². The Morgan fingerprint density at radius 3 is 2.15 bits per heavy atom. The molecule has 0 amide bonds. The van der Waals surface area contributed by atoms with Crippen molar-refractivity contribution in [2.75, 3.05) is 0 Å². The van der Waals surface area contributed by atoms with Gasteiger partial charge in [-0.1, -0.05) is 42.1 Å². The molecule has 5 nitrogen and oxygen atoms in total. The van der Waals surface area contributed by atoms with E-state index in [1.165, 1.54) is 23.4 Å². The summed E-state index contributed by atoms with van der Waals surface area (Å²) in [5.41, 5.74) is 1.29. The molecule has 6 heteroatoms. The van der Waals surface area contributed by atoms with Gasteiger partial charge in [-0.2, -0.15) is 0 Å². The molecule has 3 aromatic carbocycles. The maximum Gasteiger partial charge on any atom is 0.167 e. The van der Waals surface area contributed by atoms with Gasteiger partial charge in [0, 0.05) is 21.4 Å². The monoisotopic (exact) mass is 373 g/mol. The first-order valence-corrected chi connectivity index (χ1v) is 9.05. The van der Waals surface area contributed by atoms with Crippen molar-refractivity contribution in [2.24, 2.45) is 0 Å². The van der Waals surface area contributed by atoms with Crippen LogP contribution in [0.5, 0.6) is 11.5 Å². The third-order valence-electron chi connectivity index (χ3n) is 3.89. The minimum Gasteiger partial charge on any atom is -0.508 e. The van der Waals surface area contributed by atoms with Crippen molar-refractivity contribution in [1.82, 2.24) is 15.0 Å². The van der Waals surface area contributed by atoms with Crippen LogP contribution in [0.1, 0.15) is 0 Å². The number of hydrogen-bond donors (Lipinski definition) is 2. The lowest BCUT2D eigenvalue weighted by Crippen LogP contribution is -1.95. The molecular formula is C21H15N3O2S. The fourth-order valence-corrected chi connectivity index (χ4v) is 3.41. The predicted octanol–water partition coefficient (Wildman–Crippen LogP) is 4.77. The minimum atomic E-state index is -0.0817. The van der Waals surface area contributed by atoms with Gasteiger partial charge in [-0.3, -0.25) is 0 Å². The van der Waals surface area contributed by atoms with E-state index >= 15 is 0 Å². The summed E-state index contributed by atoms with van der Waals surface area (Å²) in [6, 6.07) is 22.4. The lowest BCUT2D eigenvalue weighted by atomic mass is 10.1. The Morgan fingerprint density at radius 1 is 0.704 bits per heavy atom. The maximum absolute atomic E-state index is 10.0. The molecule has 0 aliphatic rings. The van der Waals surface area contributed by atoms with Crippen LogP contribution in [0.25, 0.3) is 22.8 Å². The zero-order valence-electron chi connectivity index (χ0n) is 14.1. The Hall–Kier alpha value is -3.38. The van der Waals surface area contributed by atoms with E-state index in [1.54, 1.807) is 17.8 Å². The number of aromatic nitrogens is 3. The van der Waals surface area contributed by atoms with Gasteiger partial charge in [-0.25, -0.2) is 15.0 Å². The Kier molecular flexibility index (Phi) is 4.72. The fourth-order valence-electron chi connectivity index (χ4n) is 2.57. The molecule has 1 aromatic heterocycles. The topological polar surface area (TPSA) is 79.1 Å². The average Bonchev–Trinajstić information content (AvgIpc) is 2.69. The standard InChI is InChI=1S/C21H15N3O2S/c25-15-8-11-18(19(26)12-15)21-23-13-22-20(24-21)14-6-9-17(10-7-14)27-16-4-2-1-3-5-16/h1-13,25-26H. The van der Waals surface area contributed by atoms with Gasteiger partial charge in [0.05, 0.1) is 5.56 Å². The highest BCUT2D eigenvalue weighted by Crippen LogP contribution is 2.31. The summed E-state index contributed by atoms with van der Waals surface area (Å²) in [6.07, 6.45) is 1.41. The molecule has 132 valence electrons. The molecule has 4 rings (SSSR count). The highest BCUT2D eigenvalue weighted by molar-refractivity contribution is 7.99. The van der Waals surface area contributed by atoms with Crippen molar-refractivity contribution >= 4 is 11.8 Å². The second-order valence-electron chi connectivity index (χ2n) is 5.77. The molecule has 0 radical (unpaired) electrons. The minimum absolute atomic E-state index is 0.0166. The van der Waals surface area contributed by atoms with Gasteiger partial charge in [-0.15, -0.1) is 0 Å². The lowest BCUT2D eigenvalue weighted by molar-refractivity contribution is 0.451. The van der Waals surface area contributed by atoms with Crippen LogP contribution in [-0.2, 0) is 0 Å². The van der Waals surface area contributed by atoms with Crippen molar-refractivity contribution in [3.63, 3.8) is 0 Å². The smallest absolute Gasteiger partial charge is 0.167 e. The molecule has 0 aliphatic heterocycles. The van der Waals surface area contributed by atoms with Crippen LogP contribution in [0.15, 0.2) is 88.9 Å². The molecule has 0 unspecified atom stereocenters. The van der Waals surface area contributed by atoms with Gasteiger partial charge in [-0.05, 0) is 36.4 Å². The second-order valence-corrected chi connectivity index (χ2v) is 6.92. The third-order valence-corrected chi connectivity index (χ3v) is 4.90. The van der Waals surface area contributed by atoms with Gasteiger partial charge in [0.25, 0.3) is 0 Å². The molecule has 0 aliphatic carbocycles. The molecule has 27 heavy (non-hydrogen) atoms. The van der Waals surface area contributed by atoms with E-state index in [0.717, 1.165) is 10.5 Å². The van der Waals surface area contributed by atoms with Crippen molar-refractivity contribution in [3.05, 3.63) is 79.1 Å². The van der Waals surface area contributed by atoms with Gasteiger partial charge in [0.2, 0.25) is 0 Å². The number of nitrogens with zero attached hydrogens (tertiary/aromatic N) is 3. The number of phenolic OH excluding ortho intramolecular Hbond substituents is 2. The first-order chi connectivity index (χ1) is 13.2. The van der Waals surface area contributed by atoms with Crippen molar-refractivity contribution < 1.29 is 10.2 Å². The van der Waals surface area contributed by atoms with Crippen LogP contribution in [-0.4, -0.2) is 25.2 Å². The zero-order valence-corrected chi connectivity index (χ0v) is 15.0. The molecule has 1 heterocycles. The van der Waals surface area contributed by atoms with E-state index in [1.807, 2.05) is 42.5 Å². The van der Waals surface area contributed by atoms with Gasteiger partial charge >= 0.3 is 0 Å². The fraction of sp³-hybridized carbons (Fsp3) is 0. The summed E-state index contributed by atoms with van der Waals surface area (Å²) in [4.78, 5) is 15.1. The van der Waals surface area contributed by atoms with Gasteiger partial charge in [0.1, 0.15) is 17.8 Å². The molecule has 2 N–H and O–H groups in total. The highest BCUT2D eigenvalue weighted by atomic mass is 32.2. The summed E-state index contributed by atoms with van der Waals surface area (Å²) >= 11 is 1.68. The maximum atomic E-state index is 10.0. The Labute approximate surface area is 160 Å². The highest BCUT2D eigenvalue weighted by Gasteiger charge is 2.11. The van der Waals surface area contributed by atoms with Crippen molar-refractivity contribution in [1.29, 1.82) is 0 Å². The van der Waals surface area contributed by atoms with E-state index in [4.69, 9.17) is 0 Å². The number of aromatic hydroxyl groups is 2. The third kappa shape index (κ3) is 3.91. The summed E-state index contributed by atoms with van der Waals surface area (Å²) in [5, 5.41) is 19.5. The van der Waals surface area contributed by atoms with Gasteiger partial charge < -0.3 is 10.2 Å². The molecule has 0 saturated carbocycles. The molecule has 0 fully saturated rings. The lowest BCUT2D eigenvalue weighted by Gasteiger charge is -2.06. The van der Waals surface area contributed by atoms with Crippen LogP contribution in [0.4, 0.5) is 0 Å². The second kappa shape index (κ2) is 7.47. The first-order valence-electron chi connectivity index (χ1n) is 8.24. The largest absolute Gasteiger partial charge is 0.508 e. The van der Waals surface area contributed by atoms with Crippen molar-refractivity contribution in [3.8, 4) is 34.3 Å². The molecular weight excluding hydrogens is 358 g/mol. The molecule has 0 atom stereocenters.